The summed E-state index contributed by atoms with van der Waals surface area (Å²) in [5.41, 5.74) is 2.84. The van der Waals surface area contributed by atoms with Crippen LogP contribution in [0.3, 0.4) is 0 Å². The lowest BCUT2D eigenvalue weighted by Crippen LogP contribution is -2.07. The zero-order valence-corrected chi connectivity index (χ0v) is 15.4. The van der Waals surface area contributed by atoms with Gasteiger partial charge in [-0.25, -0.2) is 9.59 Å². The number of ether oxygens (including phenoxy) is 2. The molecule has 3 aromatic rings. The summed E-state index contributed by atoms with van der Waals surface area (Å²) in [6.07, 6.45) is 0. The Labute approximate surface area is 157 Å². The molecule has 0 spiro atoms. The minimum absolute atomic E-state index is 0.290. The SMILES string of the molecule is CCOC(=O)c1c(C)n(C)c2ccc(OC(=O)C#Cc3ccccc3)cc12. The number of esters is 2. The second-order valence-electron chi connectivity index (χ2n) is 5.92. The summed E-state index contributed by atoms with van der Waals surface area (Å²) >= 11 is 0. The number of aromatic nitrogens is 1. The fourth-order valence-corrected chi connectivity index (χ4v) is 2.85. The van der Waals surface area contributed by atoms with E-state index in [1.807, 2.05) is 48.9 Å². The number of nitrogens with zero attached hydrogens (tertiary/aromatic N) is 1. The summed E-state index contributed by atoms with van der Waals surface area (Å²) in [6, 6.07) is 14.3. The van der Waals surface area contributed by atoms with Gasteiger partial charge in [0.1, 0.15) is 5.75 Å². The molecule has 0 aliphatic rings. The van der Waals surface area contributed by atoms with E-state index in [1.165, 1.54) is 0 Å². The molecule has 0 fully saturated rings. The van der Waals surface area contributed by atoms with E-state index in [9.17, 15) is 9.59 Å². The van der Waals surface area contributed by atoms with Crippen molar-refractivity contribution in [3.8, 4) is 17.6 Å². The van der Waals surface area contributed by atoms with Crippen LogP contribution in [0.15, 0.2) is 48.5 Å². The molecule has 0 N–H and O–H groups in total. The summed E-state index contributed by atoms with van der Waals surface area (Å²) in [4.78, 5) is 24.3. The van der Waals surface area contributed by atoms with Gasteiger partial charge in [-0.3, -0.25) is 0 Å². The van der Waals surface area contributed by atoms with Crippen LogP contribution in [0, 0.1) is 18.8 Å². The molecular formula is C22H19NO4. The van der Waals surface area contributed by atoms with Crippen LogP contribution in [0.1, 0.15) is 28.5 Å². The lowest BCUT2D eigenvalue weighted by Gasteiger charge is -2.03. The lowest BCUT2D eigenvalue weighted by molar-refractivity contribution is -0.128. The van der Waals surface area contributed by atoms with Crippen molar-refractivity contribution in [2.75, 3.05) is 6.61 Å². The normalized spacial score (nSPS) is 10.2. The third-order valence-corrected chi connectivity index (χ3v) is 4.24. The average Bonchev–Trinajstić information content (AvgIpc) is 2.91. The Bertz CT molecular complexity index is 1070. The van der Waals surface area contributed by atoms with E-state index in [2.05, 4.69) is 11.8 Å². The number of hydrogen-bond donors (Lipinski definition) is 0. The minimum Gasteiger partial charge on any atom is -0.462 e. The Balaban J connectivity index is 1.90. The maximum absolute atomic E-state index is 12.3. The van der Waals surface area contributed by atoms with Crippen LogP contribution in [-0.2, 0) is 16.6 Å². The molecule has 5 nitrogen and oxygen atoms in total. The number of fused-ring (bicyclic) bond motifs is 1. The van der Waals surface area contributed by atoms with Gasteiger partial charge in [-0.05, 0) is 44.2 Å². The Morgan fingerprint density at radius 3 is 2.56 bits per heavy atom. The lowest BCUT2D eigenvalue weighted by atomic mass is 10.1. The van der Waals surface area contributed by atoms with E-state index in [0.29, 0.717) is 23.3 Å². The van der Waals surface area contributed by atoms with Crippen molar-refractivity contribution in [3.63, 3.8) is 0 Å². The third-order valence-electron chi connectivity index (χ3n) is 4.24. The molecule has 0 unspecified atom stereocenters. The molecule has 1 aromatic heterocycles. The van der Waals surface area contributed by atoms with Crippen molar-refractivity contribution in [2.24, 2.45) is 7.05 Å². The number of carbonyl (C=O) groups is 2. The maximum Gasteiger partial charge on any atom is 0.390 e. The summed E-state index contributed by atoms with van der Waals surface area (Å²) in [7, 11) is 1.87. The first kappa shape index (κ1) is 18.3. The highest BCUT2D eigenvalue weighted by atomic mass is 16.5. The minimum atomic E-state index is -0.663. The second-order valence-corrected chi connectivity index (χ2v) is 5.92. The molecule has 0 aliphatic carbocycles. The smallest absolute Gasteiger partial charge is 0.390 e. The molecule has 0 bridgehead atoms. The summed E-state index contributed by atoms with van der Waals surface area (Å²) in [5.74, 6) is 4.49. The highest BCUT2D eigenvalue weighted by Gasteiger charge is 2.20. The summed E-state index contributed by atoms with van der Waals surface area (Å²) in [5, 5.41) is 0.676. The van der Waals surface area contributed by atoms with Gasteiger partial charge in [-0.1, -0.05) is 24.1 Å². The molecule has 2 aromatic carbocycles. The first-order valence-corrected chi connectivity index (χ1v) is 8.56. The first-order valence-electron chi connectivity index (χ1n) is 8.56. The zero-order chi connectivity index (χ0) is 19.4. The Kier molecular flexibility index (Phi) is 5.28. The molecule has 0 saturated carbocycles. The van der Waals surface area contributed by atoms with Gasteiger partial charge < -0.3 is 14.0 Å². The van der Waals surface area contributed by atoms with Crippen LogP contribution in [-0.4, -0.2) is 23.1 Å². The van der Waals surface area contributed by atoms with E-state index in [1.54, 1.807) is 25.1 Å². The van der Waals surface area contributed by atoms with Gasteiger partial charge in [0, 0.05) is 35.1 Å². The Morgan fingerprint density at radius 1 is 1.11 bits per heavy atom. The highest BCUT2D eigenvalue weighted by Crippen LogP contribution is 2.29. The van der Waals surface area contributed by atoms with Crippen molar-refractivity contribution in [3.05, 3.63) is 65.4 Å². The van der Waals surface area contributed by atoms with E-state index >= 15 is 0 Å². The van der Waals surface area contributed by atoms with Crippen LogP contribution >= 0.6 is 0 Å². The number of aryl methyl sites for hydroxylation is 1. The fraction of sp³-hybridized carbons (Fsp3) is 0.182. The van der Waals surface area contributed by atoms with E-state index in [0.717, 1.165) is 16.8 Å². The van der Waals surface area contributed by atoms with Crippen molar-refractivity contribution >= 4 is 22.8 Å². The molecule has 136 valence electrons. The van der Waals surface area contributed by atoms with Gasteiger partial charge in [0.05, 0.1) is 12.2 Å². The van der Waals surface area contributed by atoms with E-state index in [-0.39, 0.29) is 0 Å². The van der Waals surface area contributed by atoms with Crippen molar-refractivity contribution in [1.82, 2.24) is 4.57 Å². The van der Waals surface area contributed by atoms with Crippen molar-refractivity contribution in [2.45, 2.75) is 13.8 Å². The molecule has 5 heteroatoms. The van der Waals surface area contributed by atoms with Gasteiger partial charge in [0.25, 0.3) is 0 Å². The van der Waals surface area contributed by atoms with Crippen LogP contribution in [0.5, 0.6) is 5.75 Å². The Morgan fingerprint density at radius 2 is 1.85 bits per heavy atom. The molecular weight excluding hydrogens is 342 g/mol. The largest absolute Gasteiger partial charge is 0.462 e. The van der Waals surface area contributed by atoms with Crippen LogP contribution in [0.2, 0.25) is 0 Å². The summed E-state index contributed by atoms with van der Waals surface area (Å²) in [6.45, 7) is 3.90. The number of hydrogen-bond acceptors (Lipinski definition) is 4. The average molecular weight is 361 g/mol. The molecule has 0 atom stereocenters. The number of carbonyl (C=O) groups excluding carboxylic acids is 2. The van der Waals surface area contributed by atoms with Gasteiger partial charge in [-0.2, -0.15) is 0 Å². The molecule has 1 heterocycles. The Hall–Kier alpha value is -3.52. The van der Waals surface area contributed by atoms with Crippen LogP contribution < -0.4 is 4.74 Å². The van der Waals surface area contributed by atoms with E-state index in [4.69, 9.17) is 9.47 Å². The molecule has 0 saturated heterocycles. The predicted molar refractivity (Wildman–Crippen MR) is 103 cm³/mol. The second kappa shape index (κ2) is 7.79. The molecule has 3 rings (SSSR count). The topological polar surface area (TPSA) is 57.5 Å². The predicted octanol–water partition coefficient (Wildman–Crippen LogP) is 3.62. The van der Waals surface area contributed by atoms with Gasteiger partial charge in [0.2, 0.25) is 0 Å². The quantitative estimate of drug-likeness (QED) is 0.406. The third kappa shape index (κ3) is 3.85. The standard InChI is InChI=1S/C22H19NO4/c1-4-26-22(25)21-15(2)23(3)19-12-11-17(14-18(19)21)27-20(24)13-10-16-8-6-5-7-9-16/h5-9,11-12,14H,4H2,1-3H3. The highest BCUT2D eigenvalue weighted by molar-refractivity contribution is 6.06. The fourth-order valence-electron chi connectivity index (χ4n) is 2.85. The number of rotatable bonds is 3. The molecule has 0 amide bonds. The van der Waals surface area contributed by atoms with E-state index < -0.39 is 11.9 Å². The first-order chi connectivity index (χ1) is 13.0. The van der Waals surface area contributed by atoms with Crippen LogP contribution in [0.4, 0.5) is 0 Å². The maximum atomic E-state index is 12.3. The zero-order valence-electron chi connectivity index (χ0n) is 15.4. The number of benzene rings is 2. The van der Waals surface area contributed by atoms with Gasteiger partial charge in [-0.15, -0.1) is 0 Å². The summed E-state index contributed by atoms with van der Waals surface area (Å²) < 4.78 is 12.4. The molecule has 0 radical (unpaired) electrons. The van der Waals surface area contributed by atoms with Gasteiger partial charge in [0.15, 0.2) is 0 Å². The van der Waals surface area contributed by atoms with Crippen molar-refractivity contribution in [1.29, 1.82) is 0 Å². The van der Waals surface area contributed by atoms with Crippen LogP contribution in [0.25, 0.3) is 10.9 Å². The van der Waals surface area contributed by atoms with Gasteiger partial charge >= 0.3 is 11.9 Å². The molecule has 27 heavy (non-hydrogen) atoms. The monoisotopic (exact) mass is 361 g/mol. The van der Waals surface area contributed by atoms with Crippen molar-refractivity contribution < 1.29 is 19.1 Å². The molecule has 0 aliphatic heterocycles.